The van der Waals surface area contributed by atoms with Crippen molar-refractivity contribution in [2.24, 2.45) is 17.1 Å². The van der Waals surface area contributed by atoms with E-state index < -0.39 is 0 Å². The van der Waals surface area contributed by atoms with Gasteiger partial charge in [0, 0.05) is 19.1 Å². The van der Waals surface area contributed by atoms with Gasteiger partial charge in [0.05, 0.1) is 0 Å². The van der Waals surface area contributed by atoms with E-state index in [9.17, 15) is 0 Å². The van der Waals surface area contributed by atoms with Crippen molar-refractivity contribution in [2.75, 3.05) is 19.6 Å². The highest BCUT2D eigenvalue weighted by atomic mass is 15.2. The summed E-state index contributed by atoms with van der Waals surface area (Å²) in [4.78, 5) is 2.74. The van der Waals surface area contributed by atoms with Gasteiger partial charge in [-0.1, -0.05) is 25.7 Å². The molecule has 2 aliphatic carbocycles. The Bertz CT molecular complexity index is 258. The first-order valence-electron chi connectivity index (χ1n) is 7.75. The lowest BCUT2D eigenvalue weighted by Crippen LogP contribution is -2.41. The van der Waals surface area contributed by atoms with E-state index in [0.717, 1.165) is 11.3 Å². The number of rotatable bonds is 2. The predicted octanol–water partition coefficient (Wildman–Crippen LogP) is 2.77. The molecule has 2 N–H and O–H groups in total. The average Bonchev–Trinajstić information content (AvgIpc) is 2.94. The molecule has 2 nitrogen and oxygen atoms in total. The van der Waals surface area contributed by atoms with Crippen molar-refractivity contribution < 1.29 is 0 Å². The molecule has 0 amide bonds. The summed E-state index contributed by atoms with van der Waals surface area (Å²) < 4.78 is 0. The van der Waals surface area contributed by atoms with Gasteiger partial charge in [-0.25, -0.2) is 0 Å². The summed E-state index contributed by atoms with van der Waals surface area (Å²) >= 11 is 0. The molecule has 2 unspecified atom stereocenters. The van der Waals surface area contributed by atoms with Gasteiger partial charge in [0.1, 0.15) is 0 Å². The van der Waals surface area contributed by atoms with Gasteiger partial charge < -0.3 is 10.6 Å². The Morgan fingerprint density at radius 3 is 2.53 bits per heavy atom. The van der Waals surface area contributed by atoms with Crippen LogP contribution in [0.15, 0.2) is 0 Å². The molecule has 0 bridgehead atoms. The third kappa shape index (κ3) is 2.53. The maximum absolute atomic E-state index is 6.28. The number of likely N-dealkylation sites (tertiary alicyclic amines) is 1. The van der Waals surface area contributed by atoms with E-state index in [1.54, 1.807) is 0 Å². The van der Waals surface area contributed by atoms with E-state index in [-0.39, 0.29) is 0 Å². The fourth-order valence-corrected chi connectivity index (χ4v) is 4.51. The highest BCUT2D eigenvalue weighted by Gasteiger charge is 2.40. The van der Waals surface area contributed by atoms with Crippen molar-refractivity contribution in [3.8, 4) is 0 Å². The Labute approximate surface area is 106 Å². The summed E-state index contributed by atoms with van der Waals surface area (Å²) in [5, 5.41) is 0. The molecule has 3 aliphatic rings. The fraction of sp³-hybridized carbons (Fsp3) is 1.00. The number of hydrogen-bond acceptors (Lipinski definition) is 2. The molecule has 3 fully saturated rings. The topological polar surface area (TPSA) is 29.3 Å². The molecule has 1 spiro atoms. The second-order valence-corrected chi connectivity index (χ2v) is 6.90. The Kier molecular flexibility index (Phi) is 3.45. The lowest BCUT2D eigenvalue weighted by Gasteiger charge is -2.32. The zero-order chi connectivity index (χ0) is 11.7. The quantitative estimate of drug-likeness (QED) is 0.799. The third-order valence-electron chi connectivity index (χ3n) is 5.64. The maximum Gasteiger partial charge on any atom is 0.00793 e. The molecule has 2 saturated carbocycles. The van der Waals surface area contributed by atoms with Crippen molar-refractivity contribution >= 4 is 0 Å². The average molecular weight is 236 g/mol. The van der Waals surface area contributed by atoms with Gasteiger partial charge in [-0.15, -0.1) is 0 Å². The van der Waals surface area contributed by atoms with Gasteiger partial charge in [-0.2, -0.15) is 0 Å². The molecule has 1 aliphatic heterocycles. The molecule has 0 aromatic carbocycles. The summed E-state index contributed by atoms with van der Waals surface area (Å²) in [7, 11) is 0. The van der Waals surface area contributed by atoms with E-state index in [2.05, 4.69) is 4.90 Å². The fourth-order valence-electron chi connectivity index (χ4n) is 4.51. The molecule has 98 valence electrons. The first kappa shape index (κ1) is 12.0. The van der Waals surface area contributed by atoms with Crippen LogP contribution in [-0.2, 0) is 0 Å². The second-order valence-electron chi connectivity index (χ2n) is 6.90. The largest absolute Gasteiger partial charge is 0.327 e. The number of nitrogens with two attached hydrogens (primary N) is 1. The SMILES string of the molecule is NC1CCCCC1CN1CCC2(CCCC2)C1. The standard InChI is InChI=1S/C15H28N2/c16-14-6-2-1-5-13(14)11-17-10-9-15(12-17)7-3-4-8-15/h13-14H,1-12,16H2. The second kappa shape index (κ2) is 4.89. The molecule has 1 saturated heterocycles. The minimum atomic E-state index is 0.490. The molecular weight excluding hydrogens is 208 g/mol. The molecule has 2 atom stereocenters. The Morgan fingerprint density at radius 2 is 1.76 bits per heavy atom. The minimum absolute atomic E-state index is 0.490. The maximum atomic E-state index is 6.28. The highest BCUT2D eigenvalue weighted by molar-refractivity contribution is 4.94. The van der Waals surface area contributed by atoms with E-state index in [1.165, 1.54) is 77.4 Å². The molecule has 0 radical (unpaired) electrons. The van der Waals surface area contributed by atoms with Crippen LogP contribution >= 0.6 is 0 Å². The first-order valence-corrected chi connectivity index (χ1v) is 7.75. The molecule has 0 aromatic rings. The minimum Gasteiger partial charge on any atom is -0.327 e. The Hall–Kier alpha value is -0.0800. The molecular formula is C15H28N2. The van der Waals surface area contributed by atoms with Crippen molar-refractivity contribution in [3.05, 3.63) is 0 Å². The van der Waals surface area contributed by atoms with E-state index in [4.69, 9.17) is 5.73 Å². The van der Waals surface area contributed by atoms with Crippen LogP contribution in [0.3, 0.4) is 0 Å². The van der Waals surface area contributed by atoms with Crippen LogP contribution in [0.1, 0.15) is 57.8 Å². The monoisotopic (exact) mass is 236 g/mol. The van der Waals surface area contributed by atoms with Crippen molar-refractivity contribution in [1.82, 2.24) is 4.90 Å². The lowest BCUT2D eigenvalue weighted by atomic mass is 9.84. The van der Waals surface area contributed by atoms with Crippen LogP contribution in [0.4, 0.5) is 0 Å². The van der Waals surface area contributed by atoms with E-state index in [0.29, 0.717) is 6.04 Å². The summed E-state index contributed by atoms with van der Waals surface area (Å²) in [6.45, 7) is 4.03. The summed E-state index contributed by atoms with van der Waals surface area (Å²) in [5.74, 6) is 0.792. The zero-order valence-electron chi connectivity index (χ0n) is 11.2. The first-order chi connectivity index (χ1) is 8.27. The van der Waals surface area contributed by atoms with Gasteiger partial charge in [0.15, 0.2) is 0 Å². The summed E-state index contributed by atoms with van der Waals surface area (Å²) in [6.07, 6.45) is 12.9. The lowest BCUT2D eigenvalue weighted by molar-refractivity contribution is 0.190. The summed E-state index contributed by atoms with van der Waals surface area (Å²) in [6, 6.07) is 0.490. The van der Waals surface area contributed by atoms with Crippen LogP contribution in [0, 0.1) is 11.3 Å². The van der Waals surface area contributed by atoms with Gasteiger partial charge in [0.25, 0.3) is 0 Å². The Morgan fingerprint density at radius 1 is 1.00 bits per heavy atom. The molecule has 0 aromatic heterocycles. The van der Waals surface area contributed by atoms with E-state index in [1.807, 2.05) is 0 Å². The van der Waals surface area contributed by atoms with Crippen LogP contribution in [0.5, 0.6) is 0 Å². The van der Waals surface area contributed by atoms with Crippen molar-refractivity contribution in [1.29, 1.82) is 0 Å². The zero-order valence-corrected chi connectivity index (χ0v) is 11.2. The van der Waals surface area contributed by atoms with Gasteiger partial charge in [-0.3, -0.25) is 0 Å². The number of nitrogens with zero attached hydrogens (tertiary/aromatic N) is 1. The molecule has 3 rings (SSSR count). The predicted molar refractivity (Wildman–Crippen MR) is 71.9 cm³/mol. The smallest absolute Gasteiger partial charge is 0.00793 e. The van der Waals surface area contributed by atoms with Crippen LogP contribution < -0.4 is 5.73 Å². The third-order valence-corrected chi connectivity index (χ3v) is 5.64. The van der Waals surface area contributed by atoms with Crippen molar-refractivity contribution in [2.45, 2.75) is 63.8 Å². The highest BCUT2D eigenvalue weighted by Crippen LogP contribution is 2.45. The summed E-state index contributed by atoms with van der Waals surface area (Å²) in [5.41, 5.74) is 7.01. The van der Waals surface area contributed by atoms with E-state index >= 15 is 0 Å². The van der Waals surface area contributed by atoms with Crippen LogP contribution in [0.25, 0.3) is 0 Å². The molecule has 17 heavy (non-hydrogen) atoms. The molecule has 1 heterocycles. The molecule has 2 heteroatoms. The number of hydrogen-bond donors (Lipinski definition) is 1. The van der Waals surface area contributed by atoms with Gasteiger partial charge in [0.2, 0.25) is 0 Å². The van der Waals surface area contributed by atoms with Crippen LogP contribution in [-0.4, -0.2) is 30.6 Å². The van der Waals surface area contributed by atoms with Crippen LogP contribution in [0.2, 0.25) is 0 Å². The normalized spacial score (nSPS) is 37.9. The van der Waals surface area contributed by atoms with Gasteiger partial charge in [-0.05, 0) is 50.0 Å². The Balaban J connectivity index is 1.52. The van der Waals surface area contributed by atoms with Crippen molar-refractivity contribution in [3.63, 3.8) is 0 Å². The van der Waals surface area contributed by atoms with Gasteiger partial charge >= 0.3 is 0 Å².